The number of aromatic nitrogens is 2. The molecule has 1 heterocycles. The van der Waals surface area contributed by atoms with Gasteiger partial charge >= 0.3 is 0 Å². The first-order valence-electron chi connectivity index (χ1n) is 9.33. The zero-order valence-corrected chi connectivity index (χ0v) is 18.7. The predicted molar refractivity (Wildman–Crippen MR) is 125 cm³/mol. The highest BCUT2D eigenvalue weighted by Gasteiger charge is 2.15. The van der Waals surface area contributed by atoms with Gasteiger partial charge in [0.1, 0.15) is 5.82 Å². The molecular formula is C21H25N5O2S2. The molecule has 0 aliphatic rings. The van der Waals surface area contributed by atoms with Crippen molar-refractivity contribution < 1.29 is 8.42 Å². The molecule has 0 fully saturated rings. The lowest BCUT2D eigenvalue weighted by Crippen LogP contribution is -2.18. The van der Waals surface area contributed by atoms with E-state index in [1.54, 1.807) is 30.5 Å². The number of nitrogens with one attached hydrogen (secondary N) is 3. The number of sulfonamides is 1. The van der Waals surface area contributed by atoms with Crippen molar-refractivity contribution in [1.29, 1.82) is 0 Å². The topological polar surface area (TPSA) is 96.0 Å². The van der Waals surface area contributed by atoms with Crippen LogP contribution in [0.1, 0.15) is 19.4 Å². The van der Waals surface area contributed by atoms with Crippen LogP contribution in [0.4, 0.5) is 17.5 Å². The molecule has 7 nitrogen and oxygen atoms in total. The summed E-state index contributed by atoms with van der Waals surface area (Å²) in [6.07, 6.45) is 1.68. The molecule has 2 aromatic carbocycles. The van der Waals surface area contributed by atoms with Crippen LogP contribution in [0, 0.1) is 6.92 Å². The molecular weight excluding hydrogens is 418 g/mol. The molecule has 1 atom stereocenters. The van der Waals surface area contributed by atoms with Crippen LogP contribution in [-0.4, -0.2) is 30.3 Å². The van der Waals surface area contributed by atoms with Crippen LogP contribution in [0.2, 0.25) is 0 Å². The zero-order chi connectivity index (χ0) is 21.7. The Hall–Kier alpha value is -2.75. The van der Waals surface area contributed by atoms with Gasteiger partial charge < -0.3 is 10.6 Å². The Kier molecular flexibility index (Phi) is 6.86. The first-order chi connectivity index (χ1) is 14.2. The highest BCUT2D eigenvalue weighted by Crippen LogP contribution is 2.26. The Labute approximate surface area is 180 Å². The number of aryl methyl sites for hydroxylation is 1. The minimum atomic E-state index is -3.64. The van der Waals surface area contributed by atoms with Crippen LogP contribution in [0.3, 0.4) is 0 Å². The van der Waals surface area contributed by atoms with Gasteiger partial charge in [0, 0.05) is 22.8 Å². The van der Waals surface area contributed by atoms with Crippen LogP contribution in [0.25, 0.3) is 0 Å². The maximum Gasteiger partial charge on any atom is 0.249 e. The van der Waals surface area contributed by atoms with E-state index in [1.807, 2.05) is 51.1 Å². The van der Waals surface area contributed by atoms with Gasteiger partial charge in [-0.2, -0.15) is 9.11 Å². The fourth-order valence-corrected chi connectivity index (χ4v) is 5.36. The van der Waals surface area contributed by atoms with Crippen LogP contribution >= 0.6 is 10.7 Å². The average Bonchev–Trinajstić information content (AvgIpc) is 2.68. The molecule has 0 amide bonds. The van der Waals surface area contributed by atoms with Gasteiger partial charge in [-0.1, -0.05) is 34.2 Å². The van der Waals surface area contributed by atoms with Crippen molar-refractivity contribution in [3.8, 4) is 0 Å². The van der Waals surface area contributed by atoms with Crippen molar-refractivity contribution in [2.75, 3.05) is 10.6 Å². The molecule has 0 saturated heterocycles. The van der Waals surface area contributed by atoms with Crippen molar-refractivity contribution in [1.82, 2.24) is 14.1 Å². The SMILES string of the molecule is C=S(NS(=O)(=O)c1ccc(C)cc1)c1ccc(Nc2nccc(NC(C)C)n2)cc1. The number of rotatable bonds is 8. The molecule has 3 N–H and O–H groups in total. The van der Waals surface area contributed by atoms with Gasteiger partial charge in [-0.15, -0.1) is 0 Å². The van der Waals surface area contributed by atoms with Crippen LogP contribution in [0.15, 0.2) is 70.6 Å². The third-order valence-electron chi connectivity index (χ3n) is 4.03. The van der Waals surface area contributed by atoms with E-state index in [1.165, 1.54) is 0 Å². The van der Waals surface area contributed by atoms with Gasteiger partial charge in [-0.05, 0) is 63.2 Å². The van der Waals surface area contributed by atoms with Gasteiger partial charge in [0.15, 0.2) is 0 Å². The molecule has 0 aliphatic carbocycles. The Morgan fingerprint density at radius 3 is 2.30 bits per heavy atom. The summed E-state index contributed by atoms with van der Waals surface area (Å²) in [4.78, 5) is 9.63. The lowest BCUT2D eigenvalue weighted by molar-refractivity contribution is 0.594. The molecule has 158 valence electrons. The van der Waals surface area contributed by atoms with Crippen molar-refractivity contribution >= 4 is 44.0 Å². The largest absolute Gasteiger partial charge is 0.368 e. The highest BCUT2D eigenvalue weighted by atomic mass is 32.3. The normalized spacial score (nSPS) is 12.5. The van der Waals surface area contributed by atoms with E-state index in [-0.39, 0.29) is 10.9 Å². The Morgan fingerprint density at radius 2 is 1.67 bits per heavy atom. The van der Waals surface area contributed by atoms with Crippen molar-refractivity contribution in [2.45, 2.75) is 36.6 Å². The number of nitrogens with zero attached hydrogens (tertiary/aromatic N) is 2. The predicted octanol–water partition coefficient (Wildman–Crippen LogP) is 4.30. The van der Waals surface area contributed by atoms with E-state index < -0.39 is 20.7 Å². The molecule has 3 aromatic rings. The van der Waals surface area contributed by atoms with Crippen LogP contribution in [-0.2, 0) is 10.0 Å². The maximum absolute atomic E-state index is 12.6. The number of hydrogen-bond donors (Lipinski definition) is 3. The monoisotopic (exact) mass is 443 g/mol. The fraction of sp³-hybridized carbons (Fsp3) is 0.190. The molecule has 30 heavy (non-hydrogen) atoms. The lowest BCUT2D eigenvalue weighted by atomic mass is 10.2. The minimum absolute atomic E-state index is 0.222. The van der Waals surface area contributed by atoms with E-state index in [0.29, 0.717) is 5.95 Å². The molecule has 0 spiro atoms. The Bertz CT molecular complexity index is 1130. The molecule has 9 heteroatoms. The van der Waals surface area contributed by atoms with Crippen molar-refractivity contribution in [3.63, 3.8) is 0 Å². The van der Waals surface area contributed by atoms with E-state index in [9.17, 15) is 8.42 Å². The summed E-state index contributed by atoms with van der Waals surface area (Å²) in [7, 11) is -4.57. The molecule has 0 bridgehead atoms. The highest BCUT2D eigenvalue weighted by molar-refractivity contribution is 8.19. The van der Waals surface area contributed by atoms with E-state index in [2.05, 4.69) is 30.6 Å². The zero-order valence-electron chi connectivity index (χ0n) is 17.1. The van der Waals surface area contributed by atoms with Gasteiger partial charge in [-0.25, -0.2) is 13.4 Å². The molecule has 1 unspecified atom stereocenters. The Balaban J connectivity index is 1.68. The van der Waals surface area contributed by atoms with Gasteiger partial charge in [0.25, 0.3) is 0 Å². The summed E-state index contributed by atoms with van der Waals surface area (Å²) in [6, 6.07) is 16.1. The third kappa shape index (κ3) is 5.88. The third-order valence-corrected chi connectivity index (χ3v) is 7.45. The van der Waals surface area contributed by atoms with Gasteiger partial charge in [-0.3, -0.25) is 0 Å². The van der Waals surface area contributed by atoms with Gasteiger partial charge in [0.05, 0.1) is 4.90 Å². The van der Waals surface area contributed by atoms with Crippen molar-refractivity contribution in [3.05, 3.63) is 66.4 Å². The summed E-state index contributed by atoms with van der Waals surface area (Å²) in [6.45, 7) is 5.99. The summed E-state index contributed by atoms with van der Waals surface area (Å²) in [5.74, 6) is 5.19. The Morgan fingerprint density at radius 1 is 1.00 bits per heavy atom. The summed E-state index contributed by atoms with van der Waals surface area (Å²) in [5, 5.41) is 6.37. The number of hydrogen-bond acceptors (Lipinski definition) is 6. The van der Waals surface area contributed by atoms with Crippen molar-refractivity contribution in [2.24, 2.45) is 0 Å². The second-order valence-corrected chi connectivity index (χ2v) is 10.4. The first-order valence-corrected chi connectivity index (χ1v) is 12.2. The number of benzene rings is 2. The first kappa shape index (κ1) is 21.9. The molecule has 0 radical (unpaired) electrons. The van der Waals surface area contributed by atoms with Gasteiger partial charge in [0.2, 0.25) is 16.0 Å². The minimum Gasteiger partial charge on any atom is -0.368 e. The molecule has 0 aliphatic heterocycles. The quantitative estimate of drug-likeness (QED) is 0.449. The maximum atomic E-state index is 12.6. The summed E-state index contributed by atoms with van der Waals surface area (Å²) in [5.41, 5.74) is 1.79. The average molecular weight is 444 g/mol. The smallest absolute Gasteiger partial charge is 0.249 e. The number of anilines is 3. The second-order valence-electron chi connectivity index (χ2n) is 7.00. The van der Waals surface area contributed by atoms with Crippen LogP contribution < -0.4 is 14.8 Å². The summed E-state index contributed by atoms with van der Waals surface area (Å²) < 4.78 is 27.8. The fourth-order valence-electron chi connectivity index (χ4n) is 2.57. The van der Waals surface area contributed by atoms with E-state index >= 15 is 0 Å². The summed E-state index contributed by atoms with van der Waals surface area (Å²) >= 11 is 0. The van der Waals surface area contributed by atoms with E-state index in [0.717, 1.165) is 22.0 Å². The molecule has 0 saturated carbocycles. The lowest BCUT2D eigenvalue weighted by Gasteiger charge is -2.13. The molecule has 3 rings (SSSR count). The van der Waals surface area contributed by atoms with E-state index in [4.69, 9.17) is 0 Å². The standard InChI is InChI=1S/C21H25N5O2S2/c1-15(2)23-20-13-14-22-21(25-20)24-17-7-9-18(10-8-17)29(4)26-30(27,28)19-11-5-16(3)6-12-19/h5-15,26H,4H2,1-3H3,(H2,22,23,24,25). The second kappa shape index (κ2) is 9.38. The van der Waals surface area contributed by atoms with Crippen LogP contribution in [0.5, 0.6) is 0 Å². The molecule has 1 aromatic heterocycles.